The van der Waals surface area contributed by atoms with Gasteiger partial charge in [0.05, 0.1) is 7.11 Å². The van der Waals surface area contributed by atoms with Gasteiger partial charge < -0.3 is 15.6 Å². The van der Waals surface area contributed by atoms with Gasteiger partial charge in [0.1, 0.15) is 11.5 Å². The normalized spacial score (nSPS) is 11.0. The SMILES string of the molecule is COc1ccc(-n2c(C(N)=O)nnc2-c2cc(C(C)C)c(O)cc2C)cc1. The fourth-order valence-electron chi connectivity index (χ4n) is 3.01. The van der Waals surface area contributed by atoms with Crippen molar-refractivity contribution in [3.8, 4) is 28.6 Å². The highest BCUT2D eigenvalue weighted by Crippen LogP contribution is 2.34. The average Bonchev–Trinajstić information content (AvgIpc) is 3.06. The zero-order chi connectivity index (χ0) is 19.7. The maximum Gasteiger partial charge on any atom is 0.287 e. The van der Waals surface area contributed by atoms with E-state index in [2.05, 4.69) is 10.2 Å². The highest BCUT2D eigenvalue weighted by molar-refractivity contribution is 5.90. The van der Waals surface area contributed by atoms with Crippen LogP contribution in [0, 0.1) is 6.92 Å². The molecule has 3 N–H and O–H groups in total. The Morgan fingerprint density at radius 1 is 1.19 bits per heavy atom. The Morgan fingerprint density at radius 3 is 2.41 bits per heavy atom. The van der Waals surface area contributed by atoms with Crippen molar-refractivity contribution in [2.24, 2.45) is 5.73 Å². The molecule has 0 fully saturated rings. The van der Waals surface area contributed by atoms with Crippen molar-refractivity contribution in [3.63, 3.8) is 0 Å². The van der Waals surface area contributed by atoms with Crippen molar-refractivity contribution < 1.29 is 14.6 Å². The number of aryl methyl sites for hydroxylation is 1. The second-order valence-corrected chi connectivity index (χ2v) is 6.63. The third-order valence-corrected chi connectivity index (χ3v) is 4.45. The largest absolute Gasteiger partial charge is 0.508 e. The molecule has 0 spiro atoms. The number of aromatic hydroxyl groups is 1. The Hall–Kier alpha value is -3.35. The molecule has 0 saturated carbocycles. The minimum atomic E-state index is -0.676. The first kappa shape index (κ1) is 18.4. The Morgan fingerprint density at radius 2 is 1.85 bits per heavy atom. The second-order valence-electron chi connectivity index (χ2n) is 6.63. The van der Waals surface area contributed by atoms with E-state index in [0.717, 1.165) is 16.7 Å². The third-order valence-electron chi connectivity index (χ3n) is 4.45. The van der Waals surface area contributed by atoms with E-state index < -0.39 is 5.91 Å². The van der Waals surface area contributed by atoms with Gasteiger partial charge in [0.2, 0.25) is 5.82 Å². The van der Waals surface area contributed by atoms with Crippen LogP contribution in [0.3, 0.4) is 0 Å². The molecule has 0 radical (unpaired) electrons. The molecule has 2 aromatic carbocycles. The van der Waals surface area contributed by atoms with Gasteiger partial charge in [-0.1, -0.05) is 13.8 Å². The number of aromatic nitrogens is 3. The molecule has 27 heavy (non-hydrogen) atoms. The summed E-state index contributed by atoms with van der Waals surface area (Å²) in [5.74, 6) is 0.887. The molecule has 7 heteroatoms. The molecule has 1 aromatic heterocycles. The third kappa shape index (κ3) is 3.36. The van der Waals surface area contributed by atoms with Crippen LogP contribution >= 0.6 is 0 Å². The second kappa shape index (κ2) is 7.11. The molecule has 1 heterocycles. The molecule has 1 amide bonds. The zero-order valence-electron chi connectivity index (χ0n) is 15.7. The smallest absolute Gasteiger partial charge is 0.287 e. The van der Waals surface area contributed by atoms with E-state index in [1.807, 2.05) is 26.8 Å². The lowest BCUT2D eigenvalue weighted by atomic mass is 9.96. The van der Waals surface area contributed by atoms with E-state index in [-0.39, 0.29) is 17.5 Å². The summed E-state index contributed by atoms with van der Waals surface area (Å²) in [7, 11) is 1.58. The van der Waals surface area contributed by atoms with Crippen LogP contribution in [-0.4, -0.2) is 32.9 Å². The fraction of sp³-hybridized carbons (Fsp3) is 0.250. The zero-order valence-corrected chi connectivity index (χ0v) is 15.7. The van der Waals surface area contributed by atoms with Crippen molar-refractivity contribution >= 4 is 5.91 Å². The number of phenolic OH excluding ortho intramolecular Hbond substituents is 1. The highest BCUT2D eigenvalue weighted by Gasteiger charge is 2.22. The standard InChI is InChI=1S/C20H22N4O3/c1-11(2)15-10-16(12(3)9-17(15)25)19-22-23-20(18(21)26)24(19)13-5-7-14(27-4)8-6-13/h5-11,25H,1-4H3,(H2,21,26). The van der Waals surface area contributed by atoms with E-state index in [9.17, 15) is 9.90 Å². The number of amides is 1. The van der Waals surface area contributed by atoms with Crippen molar-refractivity contribution in [1.82, 2.24) is 14.8 Å². The van der Waals surface area contributed by atoms with Crippen LogP contribution in [0.25, 0.3) is 17.1 Å². The van der Waals surface area contributed by atoms with Gasteiger partial charge in [-0.05, 0) is 60.4 Å². The van der Waals surface area contributed by atoms with Crippen LogP contribution in [0.5, 0.6) is 11.5 Å². The van der Waals surface area contributed by atoms with E-state index in [1.54, 1.807) is 42.0 Å². The van der Waals surface area contributed by atoms with Gasteiger partial charge in [-0.15, -0.1) is 10.2 Å². The van der Waals surface area contributed by atoms with Gasteiger partial charge in [0, 0.05) is 11.3 Å². The number of hydrogen-bond donors (Lipinski definition) is 2. The molecule has 3 rings (SSSR count). The summed E-state index contributed by atoms with van der Waals surface area (Å²) in [6.07, 6.45) is 0. The molecule has 0 bridgehead atoms. The number of rotatable bonds is 5. The predicted octanol–water partition coefficient (Wildman–Crippen LogP) is 3.18. The quantitative estimate of drug-likeness (QED) is 0.722. The lowest BCUT2D eigenvalue weighted by molar-refractivity contribution is 0.0988. The van der Waals surface area contributed by atoms with Crippen LogP contribution < -0.4 is 10.5 Å². The lowest BCUT2D eigenvalue weighted by Gasteiger charge is -2.15. The minimum Gasteiger partial charge on any atom is -0.508 e. The van der Waals surface area contributed by atoms with E-state index in [0.29, 0.717) is 17.3 Å². The molecule has 0 unspecified atom stereocenters. The Labute approximate surface area is 157 Å². The van der Waals surface area contributed by atoms with Gasteiger partial charge in [0.25, 0.3) is 5.91 Å². The molecule has 3 aromatic rings. The number of nitrogens with zero attached hydrogens (tertiary/aromatic N) is 3. The number of phenols is 1. The predicted molar refractivity (Wildman–Crippen MR) is 102 cm³/mol. The van der Waals surface area contributed by atoms with Crippen molar-refractivity contribution in [2.75, 3.05) is 7.11 Å². The van der Waals surface area contributed by atoms with Gasteiger partial charge >= 0.3 is 0 Å². The van der Waals surface area contributed by atoms with Gasteiger partial charge in [-0.25, -0.2) is 0 Å². The molecule has 0 saturated heterocycles. The van der Waals surface area contributed by atoms with Gasteiger partial charge in [0.15, 0.2) is 5.82 Å². The van der Waals surface area contributed by atoms with E-state index in [4.69, 9.17) is 10.5 Å². The summed E-state index contributed by atoms with van der Waals surface area (Å²) >= 11 is 0. The summed E-state index contributed by atoms with van der Waals surface area (Å²) < 4.78 is 6.81. The molecule has 0 aliphatic carbocycles. The monoisotopic (exact) mass is 366 g/mol. The van der Waals surface area contributed by atoms with Crippen LogP contribution in [0.4, 0.5) is 0 Å². The average molecular weight is 366 g/mol. The van der Waals surface area contributed by atoms with Crippen LogP contribution in [0.1, 0.15) is 41.5 Å². The Kier molecular flexibility index (Phi) is 4.85. The number of primary amides is 1. The topological polar surface area (TPSA) is 103 Å². The van der Waals surface area contributed by atoms with Gasteiger partial charge in [-0.3, -0.25) is 9.36 Å². The molecule has 0 aliphatic rings. The number of hydrogen-bond acceptors (Lipinski definition) is 5. The number of ether oxygens (including phenoxy) is 1. The molecule has 7 nitrogen and oxygen atoms in total. The summed E-state index contributed by atoms with van der Waals surface area (Å²) in [5, 5.41) is 18.5. The Bertz CT molecular complexity index is 991. The lowest BCUT2D eigenvalue weighted by Crippen LogP contribution is -2.18. The molecule has 140 valence electrons. The summed E-state index contributed by atoms with van der Waals surface area (Å²) in [6.45, 7) is 5.87. The van der Waals surface area contributed by atoms with Crippen molar-refractivity contribution in [1.29, 1.82) is 0 Å². The van der Waals surface area contributed by atoms with Crippen molar-refractivity contribution in [2.45, 2.75) is 26.7 Å². The summed E-state index contributed by atoms with van der Waals surface area (Å²) in [6, 6.07) is 10.8. The maximum absolute atomic E-state index is 11.9. The first-order valence-electron chi connectivity index (χ1n) is 8.57. The van der Waals surface area contributed by atoms with Crippen LogP contribution in [-0.2, 0) is 0 Å². The van der Waals surface area contributed by atoms with Crippen molar-refractivity contribution in [3.05, 3.63) is 53.3 Å². The summed E-state index contributed by atoms with van der Waals surface area (Å²) in [5.41, 5.74) is 8.57. The maximum atomic E-state index is 11.9. The van der Waals surface area contributed by atoms with Crippen LogP contribution in [0.2, 0.25) is 0 Å². The number of carbonyl (C=O) groups excluding carboxylic acids is 1. The highest BCUT2D eigenvalue weighted by atomic mass is 16.5. The molecule has 0 aliphatic heterocycles. The van der Waals surface area contributed by atoms with E-state index >= 15 is 0 Å². The molecule has 0 atom stereocenters. The number of carbonyl (C=O) groups is 1. The number of benzene rings is 2. The number of nitrogens with two attached hydrogens (primary N) is 1. The van der Waals surface area contributed by atoms with Gasteiger partial charge in [-0.2, -0.15) is 0 Å². The minimum absolute atomic E-state index is 0.0359. The molecular formula is C20H22N4O3. The fourth-order valence-corrected chi connectivity index (χ4v) is 3.01. The Balaban J connectivity index is 2.26. The first-order valence-corrected chi connectivity index (χ1v) is 8.57. The number of methoxy groups -OCH3 is 1. The van der Waals surface area contributed by atoms with E-state index in [1.165, 1.54) is 0 Å². The first-order chi connectivity index (χ1) is 12.8. The summed E-state index contributed by atoms with van der Waals surface area (Å²) in [4.78, 5) is 11.9. The van der Waals surface area contributed by atoms with Crippen LogP contribution in [0.15, 0.2) is 36.4 Å². The molecular weight excluding hydrogens is 344 g/mol.